The second kappa shape index (κ2) is 8.64. The molecule has 0 aliphatic heterocycles. The van der Waals surface area contributed by atoms with E-state index in [1.54, 1.807) is 34.6 Å². The number of carbonyl (C=O) groups is 2. The minimum Gasteiger partial charge on any atom is -0.497 e. The molecule has 8 heteroatoms. The Morgan fingerprint density at radius 2 is 1.65 bits per heavy atom. The maximum atomic E-state index is 12.5. The van der Waals surface area contributed by atoms with E-state index in [0.29, 0.717) is 5.75 Å². The number of sulfonamides is 1. The maximum absolute atomic E-state index is 12.5. The lowest BCUT2D eigenvalue weighted by Crippen LogP contribution is -2.46. The van der Waals surface area contributed by atoms with Crippen LogP contribution in [0.4, 0.5) is 0 Å². The van der Waals surface area contributed by atoms with E-state index in [9.17, 15) is 18.0 Å². The smallest absolute Gasteiger partial charge is 0.324 e. The fraction of sp³-hybridized carbons (Fsp3) is 0.556. The van der Waals surface area contributed by atoms with Gasteiger partial charge < -0.3 is 9.47 Å². The Bertz CT molecular complexity index is 732. The molecule has 1 aromatic rings. The minimum absolute atomic E-state index is 0.00233. The van der Waals surface area contributed by atoms with Crippen LogP contribution in [-0.2, 0) is 24.3 Å². The van der Waals surface area contributed by atoms with Gasteiger partial charge in [0, 0.05) is 5.41 Å². The van der Waals surface area contributed by atoms with Crippen LogP contribution >= 0.6 is 0 Å². The van der Waals surface area contributed by atoms with Crippen molar-refractivity contribution in [2.45, 2.75) is 45.6 Å². The van der Waals surface area contributed by atoms with Gasteiger partial charge in [0.1, 0.15) is 11.8 Å². The van der Waals surface area contributed by atoms with E-state index >= 15 is 0 Å². The van der Waals surface area contributed by atoms with Crippen molar-refractivity contribution >= 4 is 21.8 Å². The lowest BCUT2D eigenvalue weighted by molar-refractivity contribution is -0.152. The van der Waals surface area contributed by atoms with Gasteiger partial charge in [-0.3, -0.25) is 9.59 Å². The summed E-state index contributed by atoms with van der Waals surface area (Å²) in [5.41, 5.74) is -0.643. The summed E-state index contributed by atoms with van der Waals surface area (Å²) in [7, 11) is -2.46. The molecule has 0 aromatic heterocycles. The molecule has 0 fully saturated rings. The third-order valence-corrected chi connectivity index (χ3v) is 5.21. The molecule has 0 saturated carbocycles. The summed E-state index contributed by atoms with van der Waals surface area (Å²) in [6.07, 6.45) is 0. The highest BCUT2D eigenvalue weighted by molar-refractivity contribution is 7.89. The summed E-state index contributed by atoms with van der Waals surface area (Å²) in [4.78, 5) is 24.2. The summed E-state index contributed by atoms with van der Waals surface area (Å²) >= 11 is 0. The van der Waals surface area contributed by atoms with Gasteiger partial charge in [-0.05, 0) is 30.2 Å². The van der Waals surface area contributed by atoms with Crippen molar-refractivity contribution in [1.29, 1.82) is 0 Å². The first kappa shape index (κ1) is 22.1. The van der Waals surface area contributed by atoms with Crippen LogP contribution in [0.15, 0.2) is 29.2 Å². The molecule has 0 aliphatic rings. The Morgan fingerprint density at radius 1 is 1.12 bits per heavy atom. The van der Waals surface area contributed by atoms with E-state index < -0.39 is 34.1 Å². The number of Topliss-reactive ketones (excluding diaryl/α,β-unsaturated/α-hetero) is 1. The Balaban J connectivity index is 2.89. The Hall–Kier alpha value is -1.93. The second-order valence-electron chi connectivity index (χ2n) is 7.30. The zero-order chi connectivity index (χ0) is 20.1. The number of rotatable bonds is 8. The molecule has 1 unspecified atom stereocenters. The largest absolute Gasteiger partial charge is 0.497 e. The highest BCUT2D eigenvalue weighted by Crippen LogP contribution is 2.18. The highest BCUT2D eigenvalue weighted by Gasteiger charge is 2.31. The van der Waals surface area contributed by atoms with Gasteiger partial charge in [0.25, 0.3) is 0 Å². The summed E-state index contributed by atoms with van der Waals surface area (Å²) in [6.45, 7) is 8.14. The summed E-state index contributed by atoms with van der Waals surface area (Å²) in [5, 5.41) is 0. The van der Waals surface area contributed by atoms with Crippen LogP contribution in [0.5, 0.6) is 5.75 Å². The van der Waals surface area contributed by atoms with Gasteiger partial charge in [-0.1, -0.05) is 34.6 Å². The molecular weight excluding hydrogens is 358 g/mol. The van der Waals surface area contributed by atoms with E-state index in [1.807, 2.05) is 0 Å². The molecule has 0 amide bonds. The molecule has 1 atom stereocenters. The van der Waals surface area contributed by atoms with Crippen LogP contribution < -0.4 is 9.46 Å². The molecule has 0 radical (unpaired) electrons. The van der Waals surface area contributed by atoms with Gasteiger partial charge in [0.2, 0.25) is 10.0 Å². The van der Waals surface area contributed by atoms with Crippen LogP contribution in [0.2, 0.25) is 0 Å². The van der Waals surface area contributed by atoms with Crippen molar-refractivity contribution in [3.63, 3.8) is 0 Å². The number of ether oxygens (including phenoxy) is 2. The predicted octanol–water partition coefficient (Wildman–Crippen LogP) is 2.16. The molecule has 0 bridgehead atoms. The SMILES string of the molecule is COc1ccc(S(=O)(=O)NC(C(=O)OCC(=O)C(C)(C)C)C(C)C)cc1. The molecule has 1 N–H and O–H groups in total. The topological polar surface area (TPSA) is 98.8 Å². The van der Waals surface area contributed by atoms with Gasteiger partial charge >= 0.3 is 5.97 Å². The third kappa shape index (κ3) is 6.10. The zero-order valence-corrected chi connectivity index (χ0v) is 16.8. The second-order valence-corrected chi connectivity index (χ2v) is 9.01. The first-order valence-electron chi connectivity index (χ1n) is 8.25. The van der Waals surface area contributed by atoms with Crippen LogP contribution in [0.1, 0.15) is 34.6 Å². The van der Waals surface area contributed by atoms with Crippen LogP contribution in [-0.4, -0.2) is 39.9 Å². The van der Waals surface area contributed by atoms with E-state index in [1.165, 1.54) is 31.4 Å². The molecule has 0 aliphatic carbocycles. The maximum Gasteiger partial charge on any atom is 0.324 e. The summed E-state index contributed by atoms with van der Waals surface area (Å²) < 4.78 is 37.4. The molecule has 0 heterocycles. The van der Waals surface area contributed by atoms with E-state index in [0.717, 1.165) is 0 Å². The normalized spacial score (nSPS) is 13.3. The summed E-state index contributed by atoms with van der Waals surface area (Å²) in [5.74, 6) is -0.870. The Kier molecular flexibility index (Phi) is 7.35. The van der Waals surface area contributed by atoms with Crippen molar-refractivity contribution in [3.05, 3.63) is 24.3 Å². The van der Waals surface area contributed by atoms with Gasteiger partial charge in [-0.2, -0.15) is 4.72 Å². The van der Waals surface area contributed by atoms with Gasteiger partial charge in [0.15, 0.2) is 12.4 Å². The molecule has 1 rings (SSSR count). The Morgan fingerprint density at radius 3 is 2.08 bits per heavy atom. The van der Waals surface area contributed by atoms with Gasteiger partial charge in [-0.25, -0.2) is 8.42 Å². The van der Waals surface area contributed by atoms with Crippen molar-refractivity contribution in [2.75, 3.05) is 13.7 Å². The number of ketones is 1. The van der Waals surface area contributed by atoms with Gasteiger partial charge in [0.05, 0.1) is 12.0 Å². The average molecular weight is 385 g/mol. The molecule has 0 spiro atoms. The lowest BCUT2D eigenvalue weighted by Gasteiger charge is -2.22. The predicted molar refractivity (Wildman–Crippen MR) is 97.4 cm³/mol. The molecule has 1 aromatic carbocycles. The number of methoxy groups -OCH3 is 1. The van der Waals surface area contributed by atoms with Crippen LogP contribution in [0, 0.1) is 11.3 Å². The molecule has 146 valence electrons. The number of benzene rings is 1. The quantitative estimate of drug-likeness (QED) is 0.689. The Labute approximate surface area is 155 Å². The lowest BCUT2D eigenvalue weighted by atomic mass is 9.91. The van der Waals surface area contributed by atoms with Crippen molar-refractivity contribution < 1.29 is 27.5 Å². The number of hydrogen-bond acceptors (Lipinski definition) is 6. The number of hydrogen-bond donors (Lipinski definition) is 1. The zero-order valence-electron chi connectivity index (χ0n) is 16.0. The first-order chi connectivity index (χ1) is 11.9. The highest BCUT2D eigenvalue weighted by atomic mass is 32.2. The monoisotopic (exact) mass is 385 g/mol. The first-order valence-corrected chi connectivity index (χ1v) is 9.73. The van der Waals surface area contributed by atoms with E-state index in [2.05, 4.69) is 4.72 Å². The van der Waals surface area contributed by atoms with Crippen LogP contribution in [0.25, 0.3) is 0 Å². The molecule has 26 heavy (non-hydrogen) atoms. The van der Waals surface area contributed by atoms with Crippen LogP contribution in [0.3, 0.4) is 0 Å². The van der Waals surface area contributed by atoms with Gasteiger partial charge in [-0.15, -0.1) is 0 Å². The van der Waals surface area contributed by atoms with Crippen molar-refractivity contribution in [2.24, 2.45) is 11.3 Å². The average Bonchev–Trinajstić information content (AvgIpc) is 2.56. The van der Waals surface area contributed by atoms with Crippen molar-refractivity contribution in [3.8, 4) is 5.75 Å². The number of carbonyl (C=O) groups excluding carboxylic acids is 2. The number of nitrogens with one attached hydrogen (secondary N) is 1. The molecular formula is C18H27NO6S. The molecule has 0 saturated heterocycles. The fourth-order valence-corrected chi connectivity index (χ4v) is 3.22. The van der Waals surface area contributed by atoms with Crippen molar-refractivity contribution in [1.82, 2.24) is 4.72 Å². The fourth-order valence-electron chi connectivity index (χ4n) is 1.89. The number of esters is 1. The van der Waals surface area contributed by atoms with E-state index in [-0.39, 0.29) is 16.6 Å². The third-order valence-electron chi connectivity index (χ3n) is 3.75. The van der Waals surface area contributed by atoms with E-state index in [4.69, 9.17) is 9.47 Å². The summed E-state index contributed by atoms with van der Waals surface area (Å²) in [6, 6.07) is 4.69. The standard InChI is InChI=1S/C18H27NO6S/c1-12(2)16(17(21)25-11-15(20)18(3,4)5)19-26(22,23)14-9-7-13(24-6)8-10-14/h7-10,12,16,19H,11H2,1-6H3. The molecule has 7 nitrogen and oxygen atoms in total. The minimum atomic E-state index is -3.93.